The van der Waals surface area contributed by atoms with Gasteiger partial charge >= 0.3 is 0 Å². The SMILES string of the molecule is CCC(=O)N[C@@]1(CCc2ccccc2)CN[C@H](C(F)F)[C@@H](O)[C@@H]1O. The number of carbonyl (C=O) groups is 1. The molecular weight excluding hydrogens is 318 g/mol. The first kappa shape index (κ1) is 18.8. The van der Waals surface area contributed by atoms with E-state index in [1.165, 1.54) is 0 Å². The minimum Gasteiger partial charge on any atom is -0.388 e. The van der Waals surface area contributed by atoms with Crippen LogP contribution in [0.5, 0.6) is 0 Å². The first-order chi connectivity index (χ1) is 11.4. The van der Waals surface area contributed by atoms with Crippen LogP contribution in [0.3, 0.4) is 0 Å². The number of hydrogen-bond donors (Lipinski definition) is 4. The summed E-state index contributed by atoms with van der Waals surface area (Å²) in [5, 5.41) is 25.9. The maximum absolute atomic E-state index is 13.0. The van der Waals surface area contributed by atoms with Gasteiger partial charge in [-0.15, -0.1) is 0 Å². The van der Waals surface area contributed by atoms with Gasteiger partial charge < -0.3 is 20.8 Å². The molecule has 7 heteroatoms. The predicted molar refractivity (Wildman–Crippen MR) is 85.7 cm³/mol. The zero-order valence-corrected chi connectivity index (χ0v) is 13.6. The number of hydrogen-bond acceptors (Lipinski definition) is 4. The standard InChI is InChI=1S/C17H24F2N2O3/c1-2-12(22)21-17(9-8-11-6-4-3-5-7-11)10-20-13(16(18)19)14(23)15(17)24/h3-7,13-16,20,23-24H,2,8-10H2,1H3,(H,21,22)/t13-,14+,15-,17-/m0/s1. The normalized spacial score (nSPS) is 30.3. The Hall–Kier alpha value is -1.57. The van der Waals surface area contributed by atoms with E-state index in [1.807, 2.05) is 30.3 Å². The second kappa shape index (κ2) is 8.00. The Kier molecular flexibility index (Phi) is 6.26. The number of alkyl halides is 2. The number of halogens is 2. The third kappa shape index (κ3) is 4.09. The van der Waals surface area contributed by atoms with Crippen LogP contribution in [-0.4, -0.2) is 52.9 Å². The van der Waals surface area contributed by atoms with Gasteiger partial charge in [-0.1, -0.05) is 37.3 Å². The van der Waals surface area contributed by atoms with Crippen LogP contribution in [0.15, 0.2) is 30.3 Å². The molecule has 24 heavy (non-hydrogen) atoms. The molecule has 0 unspecified atom stereocenters. The molecule has 1 amide bonds. The van der Waals surface area contributed by atoms with Crippen LogP contribution >= 0.6 is 0 Å². The van der Waals surface area contributed by atoms with E-state index in [0.717, 1.165) is 5.56 Å². The second-order valence-corrected chi connectivity index (χ2v) is 6.22. The van der Waals surface area contributed by atoms with Crippen molar-refractivity contribution in [2.45, 2.75) is 56.4 Å². The van der Waals surface area contributed by atoms with Crippen LogP contribution in [0, 0.1) is 0 Å². The summed E-state index contributed by atoms with van der Waals surface area (Å²) in [4.78, 5) is 11.9. The average Bonchev–Trinajstić information content (AvgIpc) is 2.58. The molecule has 0 radical (unpaired) electrons. The lowest BCUT2D eigenvalue weighted by molar-refractivity contribution is -0.135. The molecule has 0 aromatic heterocycles. The van der Waals surface area contributed by atoms with E-state index < -0.39 is 30.2 Å². The van der Waals surface area contributed by atoms with Crippen molar-refractivity contribution in [1.82, 2.24) is 10.6 Å². The monoisotopic (exact) mass is 342 g/mol. The summed E-state index contributed by atoms with van der Waals surface area (Å²) in [6.07, 6.45) is -4.87. The fourth-order valence-corrected chi connectivity index (χ4v) is 3.08. The largest absolute Gasteiger partial charge is 0.388 e. The number of piperidine rings is 1. The molecule has 0 saturated carbocycles. The van der Waals surface area contributed by atoms with Crippen molar-refractivity contribution in [2.75, 3.05) is 6.54 Å². The van der Waals surface area contributed by atoms with Gasteiger partial charge in [0.2, 0.25) is 5.91 Å². The summed E-state index contributed by atoms with van der Waals surface area (Å²) in [6, 6.07) is 7.95. The van der Waals surface area contributed by atoms with Crippen molar-refractivity contribution in [3.8, 4) is 0 Å². The van der Waals surface area contributed by atoms with Crippen LogP contribution in [-0.2, 0) is 11.2 Å². The number of aliphatic hydroxyl groups excluding tert-OH is 2. The van der Waals surface area contributed by atoms with Crippen LogP contribution in [0.25, 0.3) is 0 Å². The van der Waals surface area contributed by atoms with E-state index in [9.17, 15) is 23.8 Å². The summed E-state index contributed by atoms with van der Waals surface area (Å²) in [6.45, 7) is 1.64. The second-order valence-electron chi connectivity index (χ2n) is 6.22. The highest BCUT2D eigenvalue weighted by molar-refractivity contribution is 5.76. The molecule has 0 bridgehead atoms. The number of aryl methyl sites for hydroxylation is 1. The quantitative estimate of drug-likeness (QED) is 0.618. The molecular formula is C17H24F2N2O3. The zero-order chi connectivity index (χ0) is 17.7. The molecule has 4 N–H and O–H groups in total. The molecule has 1 aliphatic rings. The maximum atomic E-state index is 13.0. The van der Waals surface area contributed by atoms with Crippen LogP contribution < -0.4 is 10.6 Å². The van der Waals surface area contributed by atoms with Crippen LogP contribution in [0.1, 0.15) is 25.3 Å². The molecule has 2 rings (SSSR count). The average molecular weight is 342 g/mol. The van der Waals surface area contributed by atoms with Crippen molar-refractivity contribution in [2.24, 2.45) is 0 Å². The van der Waals surface area contributed by atoms with Crippen molar-refractivity contribution >= 4 is 5.91 Å². The Balaban J connectivity index is 2.19. The van der Waals surface area contributed by atoms with Crippen molar-refractivity contribution in [3.63, 3.8) is 0 Å². The van der Waals surface area contributed by atoms with E-state index in [0.29, 0.717) is 12.8 Å². The van der Waals surface area contributed by atoms with Crippen LogP contribution in [0.2, 0.25) is 0 Å². The third-order valence-corrected chi connectivity index (χ3v) is 4.59. The van der Waals surface area contributed by atoms with Crippen LogP contribution in [0.4, 0.5) is 8.78 Å². The predicted octanol–water partition coefficient (Wildman–Crippen LogP) is 0.843. The number of nitrogens with one attached hydrogen (secondary N) is 2. The summed E-state index contributed by atoms with van der Waals surface area (Å²) in [5.74, 6) is -0.299. The lowest BCUT2D eigenvalue weighted by atomic mass is 9.78. The first-order valence-corrected chi connectivity index (χ1v) is 8.12. The van der Waals surface area contributed by atoms with Crippen molar-refractivity contribution < 1.29 is 23.8 Å². The summed E-state index contributed by atoms with van der Waals surface area (Å²) < 4.78 is 25.9. The number of rotatable bonds is 6. The van der Waals surface area contributed by atoms with Gasteiger partial charge in [0.1, 0.15) is 12.2 Å². The molecule has 5 nitrogen and oxygen atoms in total. The van der Waals surface area contributed by atoms with Gasteiger partial charge in [0.15, 0.2) is 0 Å². The van der Waals surface area contributed by atoms with Gasteiger partial charge in [-0.2, -0.15) is 0 Å². The molecule has 0 spiro atoms. The Bertz CT molecular complexity index is 544. The minimum atomic E-state index is -2.80. The van der Waals surface area contributed by atoms with Gasteiger partial charge in [-0.05, 0) is 18.4 Å². The fourth-order valence-electron chi connectivity index (χ4n) is 3.08. The molecule has 4 atom stereocenters. The van der Waals surface area contributed by atoms with Crippen molar-refractivity contribution in [3.05, 3.63) is 35.9 Å². The Morgan fingerprint density at radius 1 is 1.38 bits per heavy atom. The molecule has 1 aliphatic heterocycles. The molecule has 134 valence electrons. The smallest absolute Gasteiger partial charge is 0.256 e. The van der Waals surface area contributed by atoms with E-state index in [-0.39, 0.29) is 18.9 Å². The molecule has 1 aromatic carbocycles. The van der Waals surface area contributed by atoms with Gasteiger partial charge in [0.25, 0.3) is 6.43 Å². The van der Waals surface area contributed by atoms with Gasteiger partial charge in [0, 0.05) is 13.0 Å². The van der Waals surface area contributed by atoms with E-state index in [4.69, 9.17) is 0 Å². The lowest BCUT2D eigenvalue weighted by Gasteiger charge is -2.47. The summed E-state index contributed by atoms with van der Waals surface area (Å²) >= 11 is 0. The summed E-state index contributed by atoms with van der Waals surface area (Å²) in [7, 11) is 0. The zero-order valence-electron chi connectivity index (χ0n) is 13.6. The topological polar surface area (TPSA) is 81.6 Å². The highest BCUT2D eigenvalue weighted by atomic mass is 19.3. The number of aliphatic hydroxyl groups is 2. The highest BCUT2D eigenvalue weighted by Gasteiger charge is 2.50. The number of amides is 1. The molecule has 0 aliphatic carbocycles. The number of carbonyl (C=O) groups excluding carboxylic acids is 1. The first-order valence-electron chi connectivity index (χ1n) is 8.12. The molecule has 1 saturated heterocycles. The van der Waals surface area contributed by atoms with Gasteiger partial charge in [-0.3, -0.25) is 4.79 Å². The fraction of sp³-hybridized carbons (Fsp3) is 0.588. The number of benzene rings is 1. The van der Waals surface area contributed by atoms with Gasteiger partial charge in [0.05, 0.1) is 11.6 Å². The molecule has 1 heterocycles. The lowest BCUT2D eigenvalue weighted by Crippen LogP contribution is -2.73. The maximum Gasteiger partial charge on any atom is 0.256 e. The summed E-state index contributed by atoms with van der Waals surface area (Å²) in [5.41, 5.74) is -0.186. The Morgan fingerprint density at radius 2 is 2.04 bits per heavy atom. The van der Waals surface area contributed by atoms with E-state index >= 15 is 0 Å². The van der Waals surface area contributed by atoms with Gasteiger partial charge in [-0.25, -0.2) is 8.78 Å². The van der Waals surface area contributed by atoms with E-state index in [1.54, 1.807) is 6.92 Å². The van der Waals surface area contributed by atoms with Crippen molar-refractivity contribution in [1.29, 1.82) is 0 Å². The molecule has 1 fully saturated rings. The van der Waals surface area contributed by atoms with E-state index in [2.05, 4.69) is 10.6 Å². The Morgan fingerprint density at radius 3 is 2.62 bits per heavy atom. The third-order valence-electron chi connectivity index (χ3n) is 4.59. The molecule has 1 aromatic rings. The minimum absolute atomic E-state index is 0.0290. The Labute approximate surface area is 140 Å². The highest BCUT2D eigenvalue weighted by Crippen LogP contribution is 2.28.